The Bertz CT molecular complexity index is 1120. The van der Waals surface area contributed by atoms with Crippen LogP contribution in [0.1, 0.15) is 18.4 Å². The van der Waals surface area contributed by atoms with E-state index in [2.05, 4.69) is 33.7 Å². The van der Waals surface area contributed by atoms with Gasteiger partial charge in [-0.2, -0.15) is 5.10 Å². The lowest BCUT2D eigenvalue weighted by Crippen LogP contribution is -2.39. The number of primary amides is 1. The van der Waals surface area contributed by atoms with Crippen LogP contribution in [0.25, 0.3) is 11.4 Å². The number of piperidine rings is 1. The van der Waals surface area contributed by atoms with E-state index in [-0.39, 0.29) is 11.8 Å². The van der Waals surface area contributed by atoms with Gasteiger partial charge in [-0.25, -0.2) is 4.68 Å². The SMILES string of the molecule is COc1ccccc1-c1nn(CN2CCC(C(N)=O)CC2)c(=S)n1CCc1ccccc1. The molecule has 8 heteroatoms. The summed E-state index contributed by atoms with van der Waals surface area (Å²) in [6.45, 7) is 2.91. The first-order valence-electron chi connectivity index (χ1n) is 10.9. The molecule has 0 spiro atoms. The molecule has 0 radical (unpaired) electrons. The summed E-state index contributed by atoms with van der Waals surface area (Å²) in [6, 6.07) is 18.3. The van der Waals surface area contributed by atoms with Crippen molar-refractivity contribution in [2.45, 2.75) is 32.5 Å². The number of nitrogens with zero attached hydrogens (tertiary/aromatic N) is 4. The van der Waals surface area contributed by atoms with Crippen LogP contribution in [0, 0.1) is 10.7 Å². The molecule has 1 aliphatic rings. The fourth-order valence-electron chi connectivity index (χ4n) is 4.20. The number of carbonyl (C=O) groups excluding carboxylic acids is 1. The summed E-state index contributed by atoms with van der Waals surface area (Å²) >= 11 is 5.86. The monoisotopic (exact) mass is 451 g/mol. The predicted molar refractivity (Wildman–Crippen MR) is 127 cm³/mol. The minimum absolute atomic E-state index is 0.0354. The van der Waals surface area contributed by atoms with E-state index >= 15 is 0 Å². The average Bonchev–Trinajstić information content (AvgIpc) is 3.13. The molecule has 4 rings (SSSR count). The van der Waals surface area contributed by atoms with Crippen molar-refractivity contribution < 1.29 is 9.53 Å². The van der Waals surface area contributed by atoms with Crippen molar-refractivity contribution in [1.29, 1.82) is 0 Å². The molecule has 1 saturated heterocycles. The average molecular weight is 452 g/mol. The van der Waals surface area contributed by atoms with Crippen molar-refractivity contribution in [3.8, 4) is 17.1 Å². The number of likely N-dealkylation sites (tertiary alicyclic amines) is 1. The molecule has 168 valence electrons. The summed E-state index contributed by atoms with van der Waals surface area (Å²) in [5.41, 5.74) is 7.65. The topological polar surface area (TPSA) is 78.3 Å². The largest absolute Gasteiger partial charge is 0.496 e. The zero-order chi connectivity index (χ0) is 22.5. The van der Waals surface area contributed by atoms with Crippen LogP contribution < -0.4 is 10.5 Å². The molecule has 2 aromatic carbocycles. The summed E-state index contributed by atoms with van der Waals surface area (Å²) in [6.07, 6.45) is 2.40. The number of para-hydroxylation sites is 1. The third-order valence-corrected chi connectivity index (χ3v) is 6.49. The molecular formula is C24H29N5O2S. The Hall–Kier alpha value is -2.97. The van der Waals surface area contributed by atoms with Crippen molar-refractivity contribution in [2.75, 3.05) is 20.2 Å². The second kappa shape index (κ2) is 10.1. The summed E-state index contributed by atoms with van der Waals surface area (Å²) < 4.78 is 10.3. The second-order valence-electron chi connectivity index (χ2n) is 8.13. The van der Waals surface area contributed by atoms with Crippen LogP contribution >= 0.6 is 12.2 Å². The van der Waals surface area contributed by atoms with E-state index in [9.17, 15) is 4.79 Å². The van der Waals surface area contributed by atoms with Gasteiger partial charge in [-0.1, -0.05) is 42.5 Å². The number of methoxy groups -OCH3 is 1. The Morgan fingerprint density at radius 2 is 1.81 bits per heavy atom. The van der Waals surface area contributed by atoms with E-state index in [1.165, 1.54) is 5.56 Å². The number of ether oxygens (including phenoxy) is 1. The van der Waals surface area contributed by atoms with Crippen molar-refractivity contribution in [2.24, 2.45) is 11.7 Å². The number of benzene rings is 2. The standard InChI is InChI=1S/C24H29N5O2S/c1-31-21-10-6-5-9-20(21)23-26-29(17-27-14-12-19(13-15-27)22(25)30)24(32)28(23)16-11-18-7-3-2-4-8-18/h2-10,19H,11-17H2,1H3,(H2,25,30). The summed E-state index contributed by atoms with van der Waals surface area (Å²) in [5, 5.41) is 4.91. The Morgan fingerprint density at radius 3 is 2.50 bits per heavy atom. The van der Waals surface area contributed by atoms with Crippen LogP contribution in [0.5, 0.6) is 5.75 Å². The van der Waals surface area contributed by atoms with Gasteiger partial charge in [0.2, 0.25) is 5.91 Å². The van der Waals surface area contributed by atoms with E-state index < -0.39 is 0 Å². The van der Waals surface area contributed by atoms with E-state index in [4.69, 9.17) is 27.8 Å². The zero-order valence-electron chi connectivity index (χ0n) is 18.3. The highest BCUT2D eigenvalue weighted by molar-refractivity contribution is 7.71. The van der Waals surface area contributed by atoms with Crippen LogP contribution in [0.4, 0.5) is 0 Å². The van der Waals surface area contributed by atoms with Crippen molar-refractivity contribution in [3.05, 3.63) is 64.9 Å². The van der Waals surface area contributed by atoms with Crippen LogP contribution in [0.3, 0.4) is 0 Å². The van der Waals surface area contributed by atoms with Crippen molar-refractivity contribution >= 4 is 18.1 Å². The number of amides is 1. The molecule has 7 nitrogen and oxygen atoms in total. The zero-order valence-corrected chi connectivity index (χ0v) is 19.1. The highest BCUT2D eigenvalue weighted by Gasteiger charge is 2.24. The van der Waals surface area contributed by atoms with E-state index in [0.717, 1.165) is 56.0 Å². The van der Waals surface area contributed by atoms with E-state index in [1.54, 1.807) is 7.11 Å². The predicted octanol–water partition coefficient (Wildman–Crippen LogP) is 3.49. The molecule has 0 atom stereocenters. The first-order chi connectivity index (χ1) is 15.6. The first-order valence-corrected chi connectivity index (χ1v) is 11.3. The van der Waals surface area contributed by atoms with Gasteiger partial charge < -0.3 is 10.5 Å². The van der Waals surface area contributed by atoms with Gasteiger partial charge in [0.25, 0.3) is 0 Å². The first kappa shape index (κ1) is 22.2. The number of hydrogen-bond donors (Lipinski definition) is 1. The molecule has 0 unspecified atom stereocenters. The lowest BCUT2D eigenvalue weighted by Gasteiger charge is -2.30. The van der Waals surface area contributed by atoms with Gasteiger partial charge in [-0.15, -0.1) is 0 Å². The van der Waals surface area contributed by atoms with Crippen LogP contribution in [-0.4, -0.2) is 45.4 Å². The summed E-state index contributed by atoms with van der Waals surface area (Å²) in [5.74, 6) is 1.33. The molecule has 1 fully saturated rings. The maximum Gasteiger partial charge on any atom is 0.220 e. The molecular weight excluding hydrogens is 422 g/mol. The van der Waals surface area contributed by atoms with Gasteiger partial charge in [0.1, 0.15) is 5.75 Å². The quantitative estimate of drug-likeness (QED) is 0.531. The van der Waals surface area contributed by atoms with Crippen molar-refractivity contribution in [1.82, 2.24) is 19.2 Å². The molecule has 2 N–H and O–H groups in total. The molecule has 0 bridgehead atoms. The number of carbonyl (C=O) groups is 1. The Labute approximate surface area is 193 Å². The number of nitrogens with two attached hydrogens (primary N) is 1. The van der Waals surface area contributed by atoms with Gasteiger partial charge in [0.05, 0.1) is 19.3 Å². The normalized spacial score (nSPS) is 15.0. The highest BCUT2D eigenvalue weighted by atomic mass is 32.1. The molecule has 1 aromatic heterocycles. The molecule has 0 saturated carbocycles. The Morgan fingerprint density at radius 1 is 1.12 bits per heavy atom. The minimum atomic E-state index is -0.204. The van der Waals surface area contributed by atoms with Gasteiger partial charge in [-0.05, 0) is 49.2 Å². The lowest BCUT2D eigenvalue weighted by molar-refractivity contribution is -0.123. The molecule has 2 heterocycles. The number of hydrogen-bond acceptors (Lipinski definition) is 5. The summed E-state index contributed by atoms with van der Waals surface area (Å²) in [4.78, 5) is 13.8. The van der Waals surface area contributed by atoms with Gasteiger partial charge in [0.15, 0.2) is 10.6 Å². The third kappa shape index (κ3) is 4.92. The number of aromatic nitrogens is 3. The smallest absolute Gasteiger partial charge is 0.220 e. The van der Waals surface area contributed by atoms with E-state index in [1.807, 2.05) is 35.0 Å². The van der Waals surface area contributed by atoms with Crippen LogP contribution in [-0.2, 0) is 24.4 Å². The van der Waals surface area contributed by atoms with Crippen LogP contribution in [0.2, 0.25) is 0 Å². The molecule has 0 aliphatic carbocycles. The molecule has 1 aliphatic heterocycles. The Balaban J connectivity index is 1.62. The van der Waals surface area contributed by atoms with Gasteiger partial charge >= 0.3 is 0 Å². The third-order valence-electron chi connectivity index (χ3n) is 6.06. The number of aryl methyl sites for hydroxylation is 1. The summed E-state index contributed by atoms with van der Waals surface area (Å²) in [7, 11) is 1.67. The molecule has 3 aromatic rings. The van der Waals surface area contributed by atoms with Gasteiger partial charge in [0, 0.05) is 25.6 Å². The fraction of sp³-hybridized carbons (Fsp3) is 0.375. The highest BCUT2D eigenvalue weighted by Crippen LogP contribution is 2.29. The van der Waals surface area contributed by atoms with E-state index in [0.29, 0.717) is 11.4 Å². The Kier molecular flexibility index (Phi) is 7.02. The maximum atomic E-state index is 11.5. The lowest BCUT2D eigenvalue weighted by atomic mass is 9.97. The number of rotatable bonds is 8. The van der Waals surface area contributed by atoms with Crippen LogP contribution in [0.15, 0.2) is 54.6 Å². The maximum absolute atomic E-state index is 11.5. The molecule has 32 heavy (non-hydrogen) atoms. The molecule has 1 amide bonds. The second-order valence-corrected chi connectivity index (χ2v) is 8.49. The fourth-order valence-corrected chi connectivity index (χ4v) is 4.47. The van der Waals surface area contributed by atoms with Gasteiger partial charge in [-0.3, -0.25) is 14.3 Å². The van der Waals surface area contributed by atoms with Crippen molar-refractivity contribution in [3.63, 3.8) is 0 Å². The minimum Gasteiger partial charge on any atom is -0.496 e.